The van der Waals surface area contributed by atoms with Crippen LogP contribution in [-0.4, -0.2) is 0 Å². The average molecular weight is 474 g/mol. The van der Waals surface area contributed by atoms with Gasteiger partial charge in [0.05, 0.1) is 0 Å². The van der Waals surface area contributed by atoms with Gasteiger partial charge in [-0.3, -0.25) is 0 Å². The van der Waals surface area contributed by atoms with Crippen LogP contribution in [0.2, 0.25) is 0 Å². The third-order valence-electron chi connectivity index (χ3n) is 6.53. The topological polar surface area (TPSA) is 12.0 Å². The first kappa shape index (κ1) is 30.5. The minimum Gasteiger partial charge on any atom is -0.356 e. The van der Waals surface area contributed by atoms with Crippen LogP contribution >= 0.6 is 0 Å². The molecule has 1 aliphatic rings. The van der Waals surface area contributed by atoms with Crippen LogP contribution in [0.1, 0.15) is 102 Å². The Morgan fingerprint density at radius 1 is 0.914 bits per heavy atom. The van der Waals surface area contributed by atoms with E-state index in [1.807, 2.05) is 6.92 Å². The Labute approximate surface area is 217 Å². The third kappa shape index (κ3) is 11.2. The highest BCUT2D eigenvalue weighted by Gasteiger charge is 2.25. The van der Waals surface area contributed by atoms with Gasteiger partial charge in [0, 0.05) is 11.4 Å². The van der Waals surface area contributed by atoms with E-state index in [0.717, 1.165) is 29.8 Å². The lowest BCUT2D eigenvalue weighted by atomic mass is 9.89. The minimum atomic E-state index is 0.370. The summed E-state index contributed by atoms with van der Waals surface area (Å²) in [6.45, 7) is 25.8. The molecule has 0 aliphatic heterocycles. The maximum absolute atomic E-state index is 4.21. The molecule has 0 amide bonds. The van der Waals surface area contributed by atoms with E-state index in [1.54, 1.807) is 0 Å². The van der Waals surface area contributed by atoms with E-state index in [2.05, 4.69) is 115 Å². The maximum Gasteiger partial charge on any atom is 0.0419 e. The lowest BCUT2D eigenvalue weighted by Gasteiger charge is -2.19. The number of rotatable bonds is 8. The van der Waals surface area contributed by atoms with E-state index in [0.29, 0.717) is 5.41 Å². The second-order valence-corrected chi connectivity index (χ2v) is 10.7. The quantitative estimate of drug-likeness (QED) is 0.402. The van der Waals surface area contributed by atoms with Crippen molar-refractivity contribution in [3.8, 4) is 0 Å². The van der Waals surface area contributed by atoms with Crippen LogP contribution in [0.25, 0.3) is 5.57 Å². The van der Waals surface area contributed by atoms with Crippen molar-refractivity contribution in [3.05, 3.63) is 95.2 Å². The van der Waals surface area contributed by atoms with Gasteiger partial charge in [0.2, 0.25) is 0 Å². The van der Waals surface area contributed by atoms with E-state index in [4.69, 9.17) is 0 Å². The fraction of sp³-hybridized carbons (Fsp3) is 0.471. The van der Waals surface area contributed by atoms with Crippen molar-refractivity contribution >= 4 is 11.3 Å². The Balaban J connectivity index is 0.000000342. The molecule has 0 aromatic heterocycles. The van der Waals surface area contributed by atoms with Gasteiger partial charge in [-0.25, -0.2) is 0 Å². The molecule has 0 bridgehead atoms. The molecule has 0 atom stereocenters. The fourth-order valence-corrected chi connectivity index (χ4v) is 3.81. The Bertz CT molecular complexity index is 972. The van der Waals surface area contributed by atoms with Crippen LogP contribution in [0.15, 0.2) is 73.0 Å². The van der Waals surface area contributed by atoms with E-state index < -0.39 is 0 Å². The number of anilines is 1. The summed E-state index contributed by atoms with van der Waals surface area (Å²) in [5.74, 6) is 0. The van der Waals surface area contributed by atoms with Crippen LogP contribution in [0.3, 0.4) is 0 Å². The molecular formula is C34H51N. The van der Waals surface area contributed by atoms with Crippen LogP contribution in [0, 0.1) is 19.3 Å². The molecular weight excluding hydrogens is 422 g/mol. The summed E-state index contributed by atoms with van der Waals surface area (Å²) in [6, 6.07) is 15.0. The van der Waals surface area contributed by atoms with Crippen molar-refractivity contribution < 1.29 is 0 Å². The van der Waals surface area contributed by atoms with Crippen molar-refractivity contribution in [1.29, 1.82) is 0 Å². The number of aryl methyl sites for hydroxylation is 3. The Morgan fingerprint density at radius 3 is 2.09 bits per heavy atom. The highest BCUT2D eigenvalue weighted by Crippen LogP contribution is 2.39. The number of hydrogen-bond donors (Lipinski definition) is 1. The number of benzene rings is 2. The zero-order valence-corrected chi connectivity index (χ0v) is 24.0. The molecule has 35 heavy (non-hydrogen) atoms. The number of hydrogen-bond acceptors (Lipinski definition) is 1. The van der Waals surface area contributed by atoms with Crippen LogP contribution < -0.4 is 5.32 Å². The highest BCUT2D eigenvalue weighted by atomic mass is 14.9. The summed E-state index contributed by atoms with van der Waals surface area (Å²) >= 11 is 0. The lowest BCUT2D eigenvalue weighted by Crippen LogP contribution is -2.08. The molecule has 1 nitrogen and oxygen atoms in total. The zero-order chi connectivity index (χ0) is 26.4. The largest absolute Gasteiger partial charge is 0.356 e. The van der Waals surface area contributed by atoms with Gasteiger partial charge in [0.25, 0.3) is 0 Å². The second kappa shape index (κ2) is 15.5. The first-order valence-electron chi connectivity index (χ1n) is 13.5. The van der Waals surface area contributed by atoms with Crippen molar-refractivity contribution in [2.24, 2.45) is 5.41 Å². The zero-order valence-electron chi connectivity index (χ0n) is 24.0. The molecule has 3 rings (SSSR count). The number of nitrogens with one attached hydrogen (secondary N) is 1. The van der Waals surface area contributed by atoms with Gasteiger partial charge in [-0.2, -0.15) is 0 Å². The molecule has 0 unspecified atom stereocenters. The van der Waals surface area contributed by atoms with Gasteiger partial charge in [-0.05, 0) is 85.8 Å². The van der Waals surface area contributed by atoms with Gasteiger partial charge < -0.3 is 5.32 Å². The molecule has 0 saturated heterocycles. The van der Waals surface area contributed by atoms with Crippen LogP contribution in [0.5, 0.6) is 0 Å². The van der Waals surface area contributed by atoms with E-state index in [9.17, 15) is 0 Å². The number of allylic oxidation sites excluding steroid dienone is 3. The second-order valence-electron chi connectivity index (χ2n) is 10.7. The first-order chi connectivity index (χ1) is 16.5. The maximum atomic E-state index is 4.21. The molecule has 0 spiro atoms. The summed E-state index contributed by atoms with van der Waals surface area (Å²) in [5.41, 5.74) is 10.3. The molecule has 0 radical (unpaired) electrons. The summed E-state index contributed by atoms with van der Waals surface area (Å²) in [4.78, 5) is 0. The van der Waals surface area contributed by atoms with Crippen LogP contribution in [-0.2, 0) is 6.42 Å². The average Bonchev–Trinajstić information content (AvgIpc) is 3.20. The molecule has 1 aliphatic carbocycles. The normalized spacial score (nSPS) is 13.5. The molecule has 0 fully saturated rings. The first-order valence-corrected chi connectivity index (χ1v) is 13.5. The predicted molar refractivity (Wildman–Crippen MR) is 160 cm³/mol. The van der Waals surface area contributed by atoms with Crippen molar-refractivity contribution in [3.63, 3.8) is 0 Å². The smallest absolute Gasteiger partial charge is 0.0419 e. The van der Waals surface area contributed by atoms with Crippen molar-refractivity contribution in [2.75, 3.05) is 5.32 Å². The summed E-state index contributed by atoms with van der Waals surface area (Å²) in [6.07, 6.45) is 11.0. The Morgan fingerprint density at radius 2 is 1.57 bits per heavy atom. The summed E-state index contributed by atoms with van der Waals surface area (Å²) < 4.78 is 0. The van der Waals surface area contributed by atoms with Gasteiger partial charge in [0.1, 0.15) is 0 Å². The van der Waals surface area contributed by atoms with Crippen molar-refractivity contribution in [1.82, 2.24) is 0 Å². The Kier molecular flexibility index (Phi) is 13.5. The fourth-order valence-electron chi connectivity index (χ4n) is 3.81. The molecule has 1 N–H and O–H groups in total. The third-order valence-corrected chi connectivity index (χ3v) is 6.53. The predicted octanol–water partition coefficient (Wildman–Crippen LogP) is 10.8. The van der Waals surface area contributed by atoms with Gasteiger partial charge in [-0.15, -0.1) is 0 Å². The molecule has 2 aromatic rings. The molecule has 2 aromatic carbocycles. The monoisotopic (exact) mass is 473 g/mol. The SMILES string of the molecule is C=C(Nc1cc(C(=C)C)ccc1C)C1=CCC(C)(C)C1.CCCC.CCCCc1ccccc1C. The summed E-state index contributed by atoms with van der Waals surface area (Å²) in [7, 11) is 0. The van der Waals surface area contributed by atoms with Gasteiger partial charge in [0.15, 0.2) is 0 Å². The van der Waals surface area contributed by atoms with E-state index in [-0.39, 0.29) is 0 Å². The van der Waals surface area contributed by atoms with Crippen molar-refractivity contribution in [2.45, 2.75) is 100 Å². The minimum absolute atomic E-state index is 0.370. The standard InChI is InChI=1S/C19H25N.C11H16.C4H10/c1-13(2)16-8-7-14(3)18(11-16)20-15(4)17-9-10-19(5,6)12-17;1-3-4-8-11-9-6-5-7-10(11)2;1-3-4-2/h7-9,11,20H,1,4,10,12H2,2-3,5-6H3;5-7,9H,3-4,8H2,1-2H3;3-4H2,1-2H3. The molecule has 1 heteroatoms. The number of unbranched alkanes of at least 4 members (excludes halogenated alkanes) is 2. The van der Waals surface area contributed by atoms with Crippen LogP contribution in [0.4, 0.5) is 5.69 Å². The molecule has 0 heterocycles. The molecule has 192 valence electrons. The summed E-state index contributed by atoms with van der Waals surface area (Å²) in [5, 5.41) is 3.48. The van der Waals surface area contributed by atoms with E-state index in [1.165, 1.54) is 59.9 Å². The highest BCUT2D eigenvalue weighted by molar-refractivity contribution is 5.69. The molecule has 0 saturated carbocycles. The van der Waals surface area contributed by atoms with Gasteiger partial charge >= 0.3 is 0 Å². The Hall–Kier alpha value is -2.54. The van der Waals surface area contributed by atoms with Gasteiger partial charge in [-0.1, -0.05) is 115 Å². The van der Waals surface area contributed by atoms with E-state index >= 15 is 0 Å². The lowest BCUT2D eigenvalue weighted by molar-refractivity contribution is 0.395.